The minimum Gasteiger partial charge on any atom is -0.479 e. The molecule has 2 N–H and O–H groups in total. The monoisotopic (exact) mass is 196 g/mol. The van der Waals surface area contributed by atoms with Gasteiger partial charge in [0.05, 0.1) is 11.9 Å². The number of hydrogen-bond donors (Lipinski definition) is 2. The fraction of sp³-hybridized carbons (Fsp3) is 0.556. The summed E-state index contributed by atoms with van der Waals surface area (Å²) in [7, 11) is 0. The molecular formula is C9H12N2O3. The summed E-state index contributed by atoms with van der Waals surface area (Å²) < 4.78 is 5.36. The molecule has 1 aromatic heterocycles. The number of ether oxygens (including phenoxy) is 1. The second-order valence-electron chi connectivity index (χ2n) is 3.51. The van der Waals surface area contributed by atoms with Gasteiger partial charge in [-0.05, 0) is 25.3 Å². The summed E-state index contributed by atoms with van der Waals surface area (Å²) in [4.78, 5) is 11.2. The van der Waals surface area contributed by atoms with Crippen LogP contribution in [0.2, 0.25) is 0 Å². The lowest BCUT2D eigenvalue weighted by atomic mass is 9.94. The zero-order valence-corrected chi connectivity index (χ0v) is 7.91. The van der Waals surface area contributed by atoms with Crippen LogP contribution in [-0.4, -0.2) is 27.9 Å². The van der Waals surface area contributed by atoms with Crippen molar-refractivity contribution in [2.45, 2.75) is 25.4 Å². The highest BCUT2D eigenvalue weighted by atomic mass is 16.5. The van der Waals surface area contributed by atoms with E-state index in [1.165, 1.54) is 0 Å². The lowest BCUT2D eigenvalue weighted by molar-refractivity contribution is -0.161. The van der Waals surface area contributed by atoms with Crippen LogP contribution in [0.4, 0.5) is 0 Å². The zero-order chi connectivity index (χ0) is 10.2. The molecule has 0 aliphatic carbocycles. The number of hydrogen-bond acceptors (Lipinski definition) is 3. The van der Waals surface area contributed by atoms with Gasteiger partial charge in [-0.15, -0.1) is 0 Å². The Bertz CT molecular complexity index is 353. The molecule has 76 valence electrons. The van der Waals surface area contributed by atoms with Crippen molar-refractivity contribution >= 4 is 5.97 Å². The summed E-state index contributed by atoms with van der Waals surface area (Å²) in [5.74, 6) is -0.942. The van der Waals surface area contributed by atoms with E-state index in [-0.39, 0.29) is 0 Å². The maximum absolute atomic E-state index is 11.2. The van der Waals surface area contributed by atoms with Gasteiger partial charge < -0.3 is 9.84 Å². The van der Waals surface area contributed by atoms with Gasteiger partial charge in [-0.3, -0.25) is 5.10 Å². The molecule has 14 heavy (non-hydrogen) atoms. The first kappa shape index (κ1) is 9.21. The van der Waals surface area contributed by atoms with Gasteiger partial charge in [0.2, 0.25) is 5.60 Å². The Labute approximate surface area is 81.1 Å². The summed E-state index contributed by atoms with van der Waals surface area (Å²) in [6, 6.07) is 0. The molecule has 5 heteroatoms. The molecule has 1 aromatic rings. The lowest BCUT2D eigenvalue weighted by Gasteiger charge is -2.22. The van der Waals surface area contributed by atoms with Gasteiger partial charge in [0.15, 0.2) is 0 Å². The van der Waals surface area contributed by atoms with Crippen molar-refractivity contribution < 1.29 is 14.6 Å². The SMILES string of the molecule is Cc1cn[nH]c1C1(C(=O)O)CCCO1. The molecule has 1 saturated heterocycles. The largest absolute Gasteiger partial charge is 0.479 e. The van der Waals surface area contributed by atoms with Crippen LogP contribution in [0.1, 0.15) is 24.1 Å². The minimum absolute atomic E-state index is 0.491. The number of carboxylic acid groups (broad SMARTS) is 1. The fourth-order valence-electron chi connectivity index (χ4n) is 1.87. The lowest BCUT2D eigenvalue weighted by Crippen LogP contribution is -2.36. The molecule has 1 atom stereocenters. The first-order valence-corrected chi connectivity index (χ1v) is 4.54. The summed E-state index contributed by atoms with van der Waals surface area (Å²) in [5.41, 5.74) is 0.206. The summed E-state index contributed by atoms with van der Waals surface area (Å²) in [6.07, 6.45) is 2.89. The second-order valence-corrected chi connectivity index (χ2v) is 3.51. The highest BCUT2D eigenvalue weighted by Crippen LogP contribution is 2.36. The van der Waals surface area contributed by atoms with E-state index in [1.807, 2.05) is 6.92 Å². The second kappa shape index (κ2) is 3.09. The van der Waals surface area contributed by atoms with Gasteiger partial charge in [0.25, 0.3) is 0 Å². The van der Waals surface area contributed by atoms with E-state index in [1.54, 1.807) is 6.20 Å². The van der Waals surface area contributed by atoms with Gasteiger partial charge in [-0.2, -0.15) is 5.10 Å². The predicted molar refractivity (Wildman–Crippen MR) is 47.8 cm³/mol. The van der Waals surface area contributed by atoms with E-state index in [0.717, 1.165) is 12.0 Å². The number of aryl methyl sites for hydroxylation is 1. The van der Waals surface area contributed by atoms with E-state index < -0.39 is 11.6 Å². The Morgan fingerprint density at radius 1 is 1.79 bits per heavy atom. The van der Waals surface area contributed by atoms with Gasteiger partial charge in [0, 0.05) is 6.61 Å². The number of carboxylic acids is 1. The number of aromatic amines is 1. The summed E-state index contributed by atoms with van der Waals surface area (Å²) in [5, 5.41) is 15.7. The molecule has 0 spiro atoms. The van der Waals surface area contributed by atoms with Crippen LogP contribution < -0.4 is 0 Å². The number of nitrogens with zero attached hydrogens (tertiary/aromatic N) is 1. The topological polar surface area (TPSA) is 75.2 Å². The van der Waals surface area contributed by atoms with Gasteiger partial charge in [-0.1, -0.05) is 0 Å². The van der Waals surface area contributed by atoms with Crippen molar-refractivity contribution in [1.82, 2.24) is 10.2 Å². The minimum atomic E-state index is -1.19. The molecule has 0 radical (unpaired) electrons. The van der Waals surface area contributed by atoms with Crippen LogP contribution in [0.5, 0.6) is 0 Å². The third-order valence-electron chi connectivity index (χ3n) is 2.60. The van der Waals surface area contributed by atoms with E-state index in [2.05, 4.69) is 10.2 Å². The Hall–Kier alpha value is -1.36. The number of aliphatic carboxylic acids is 1. The maximum atomic E-state index is 11.2. The summed E-state index contributed by atoms with van der Waals surface area (Å²) in [6.45, 7) is 2.32. The molecule has 1 aliphatic rings. The molecule has 0 bridgehead atoms. The van der Waals surface area contributed by atoms with Crippen LogP contribution in [-0.2, 0) is 15.1 Å². The first-order chi connectivity index (χ1) is 6.67. The van der Waals surface area contributed by atoms with E-state index in [4.69, 9.17) is 4.74 Å². The van der Waals surface area contributed by atoms with Crippen molar-refractivity contribution in [2.75, 3.05) is 6.61 Å². The van der Waals surface area contributed by atoms with Crippen LogP contribution in [0, 0.1) is 6.92 Å². The predicted octanol–water partition coefficient (Wildman–Crippen LogP) is 0.808. The molecule has 1 fully saturated rings. The Morgan fingerprint density at radius 2 is 2.57 bits per heavy atom. The molecular weight excluding hydrogens is 184 g/mol. The third-order valence-corrected chi connectivity index (χ3v) is 2.60. The molecule has 0 amide bonds. The van der Waals surface area contributed by atoms with Crippen LogP contribution in [0.3, 0.4) is 0 Å². The molecule has 1 aliphatic heterocycles. The average molecular weight is 196 g/mol. The third kappa shape index (κ3) is 1.13. The highest BCUT2D eigenvalue weighted by Gasteiger charge is 2.46. The highest BCUT2D eigenvalue weighted by molar-refractivity contribution is 5.79. The normalized spacial score (nSPS) is 26.6. The Morgan fingerprint density at radius 3 is 3.00 bits per heavy atom. The maximum Gasteiger partial charge on any atom is 0.342 e. The molecule has 0 saturated carbocycles. The average Bonchev–Trinajstić information content (AvgIpc) is 2.72. The van der Waals surface area contributed by atoms with E-state index in [9.17, 15) is 9.90 Å². The number of carbonyl (C=O) groups is 1. The fourth-order valence-corrected chi connectivity index (χ4v) is 1.87. The Balaban J connectivity index is 2.46. The summed E-state index contributed by atoms with van der Waals surface area (Å²) >= 11 is 0. The van der Waals surface area contributed by atoms with Gasteiger partial charge in [-0.25, -0.2) is 4.79 Å². The number of rotatable bonds is 2. The Kier molecular flexibility index (Phi) is 2.03. The smallest absolute Gasteiger partial charge is 0.342 e. The van der Waals surface area contributed by atoms with Crippen molar-refractivity contribution in [3.05, 3.63) is 17.5 Å². The molecule has 2 heterocycles. The van der Waals surface area contributed by atoms with Crippen molar-refractivity contribution in [1.29, 1.82) is 0 Å². The molecule has 2 rings (SSSR count). The van der Waals surface area contributed by atoms with E-state index >= 15 is 0 Å². The van der Waals surface area contributed by atoms with E-state index in [0.29, 0.717) is 18.7 Å². The zero-order valence-electron chi connectivity index (χ0n) is 7.91. The quantitative estimate of drug-likeness (QED) is 0.733. The standard InChI is InChI=1S/C9H12N2O3/c1-6-5-10-11-7(6)9(8(12)13)3-2-4-14-9/h5H,2-4H2,1H3,(H,10,11)(H,12,13). The number of nitrogens with one attached hydrogen (secondary N) is 1. The molecule has 1 unspecified atom stereocenters. The van der Waals surface area contributed by atoms with Crippen LogP contribution in [0.15, 0.2) is 6.20 Å². The van der Waals surface area contributed by atoms with Gasteiger partial charge >= 0.3 is 5.97 Å². The number of aromatic nitrogens is 2. The first-order valence-electron chi connectivity index (χ1n) is 4.54. The number of H-pyrrole nitrogens is 1. The van der Waals surface area contributed by atoms with Crippen LogP contribution >= 0.6 is 0 Å². The van der Waals surface area contributed by atoms with Crippen molar-refractivity contribution in [3.8, 4) is 0 Å². The van der Waals surface area contributed by atoms with Crippen LogP contribution in [0.25, 0.3) is 0 Å². The van der Waals surface area contributed by atoms with Crippen molar-refractivity contribution in [2.24, 2.45) is 0 Å². The van der Waals surface area contributed by atoms with Gasteiger partial charge in [0.1, 0.15) is 0 Å². The molecule has 0 aromatic carbocycles. The van der Waals surface area contributed by atoms with Crippen molar-refractivity contribution in [3.63, 3.8) is 0 Å². The molecule has 5 nitrogen and oxygen atoms in total.